The quantitative estimate of drug-likeness (QED) is 0.554. The molecule has 0 saturated heterocycles. The number of aliphatic imine (C=N–C) groups is 1. The molecule has 1 N–H and O–H groups in total. The molecule has 1 aromatic carbocycles. The molecule has 0 aromatic heterocycles. The second-order valence-corrected chi connectivity index (χ2v) is 9.46. The van der Waals surface area contributed by atoms with Crippen molar-refractivity contribution >= 4 is 41.3 Å². The SMILES string of the molecule is CON(C)C1=NC(=O)/C(=C/c2cc(C(C)(C)C)c(O)c(C(C)(C)C)c2)S1.Cl. The highest BCUT2D eigenvalue weighted by atomic mass is 35.5. The molecule has 0 spiro atoms. The van der Waals surface area contributed by atoms with Crippen molar-refractivity contribution in [1.82, 2.24) is 5.06 Å². The van der Waals surface area contributed by atoms with E-state index in [1.165, 1.54) is 23.9 Å². The number of aromatic hydroxyl groups is 1. The number of carbonyl (C=O) groups excluding carboxylic acids is 1. The molecule has 1 aromatic rings. The van der Waals surface area contributed by atoms with E-state index in [0.717, 1.165) is 16.7 Å². The zero-order valence-electron chi connectivity index (χ0n) is 17.2. The maximum atomic E-state index is 12.2. The van der Waals surface area contributed by atoms with Gasteiger partial charge in [-0.05, 0) is 46.4 Å². The van der Waals surface area contributed by atoms with Crippen LogP contribution in [0.25, 0.3) is 6.08 Å². The number of thioether (sulfide) groups is 1. The van der Waals surface area contributed by atoms with Crippen molar-refractivity contribution in [1.29, 1.82) is 0 Å². The molecule has 0 bridgehead atoms. The normalized spacial score (nSPS) is 16.4. The van der Waals surface area contributed by atoms with Crippen LogP contribution < -0.4 is 0 Å². The van der Waals surface area contributed by atoms with Crippen LogP contribution in [0, 0.1) is 0 Å². The fraction of sp³-hybridized carbons (Fsp3) is 0.500. The van der Waals surface area contributed by atoms with E-state index in [-0.39, 0.29) is 29.1 Å². The molecule has 150 valence electrons. The Morgan fingerprint density at radius 1 is 1.11 bits per heavy atom. The Bertz CT molecular complexity index is 754. The molecule has 1 heterocycles. The molecule has 0 saturated carbocycles. The van der Waals surface area contributed by atoms with Crippen LogP contribution in [0.1, 0.15) is 58.2 Å². The molecule has 0 fully saturated rings. The standard InChI is InChI=1S/C20H28N2O3S.ClH/c1-19(2,3)13-9-12(10-14(16(13)23)20(4,5)6)11-15-17(24)21-18(26-15)22(7)25-8;/h9-11,23H,1-8H3;1H/b15-11-;. The summed E-state index contributed by atoms with van der Waals surface area (Å²) in [6, 6.07) is 3.90. The Labute approximate surface area is 172 Å². The maximum Gasteiger partial charge on any atom is 0.286 e. The molecule has 1 amide bonds. The van der Waals surface area contributed by atoms with Gasteiger partial charge in [0, 0.05) is 18.2 Å². The van der Waals surface area contributed by atoms with E-state index in [0.29, 0.717) is 15.8 Å². The minimum absolute atomic E-state index is 0. The zero-order valence-corrected chi connectivity index (χ0v) is 18.8. The average Bonchev–Trinajstić information content (AvgIpc) is 2.86. The topological polar surface area (TPSA) is 62.1 Å². The Hall–Kier alpha value is -1.50. The van der Waals surface area contributed by atoms with E-state index in [2.05, 4.69) is 46.5 Å². The van der Waals surface area contributed by atoms with E-state index in [4.69, 9.17) is 4.84 Å². The van der Waals surface area contributed by atoms with Crippen molar-refractivity contribution in [2.45, 2.75) is 52.4 Å². The van der Waals surface area contributed by atoms with Gasteiger partial charge in [-0.1, -0.05) is 41.5 Å². The Morgan fingerprint density at radius 2 is 1.59 bits per heavy atom. The summed E-state index contributed by atoms with van der Waals surface area (Å²) in [5.41, 5.74) is 2.17. The first-order valence-corrected chi connectivity index (χ1v) is 9.34. The number of nitrogens with zero attached hydrogens (tertiary/aromatic N) is 2. The molecule has 1 aliphatic heterocycles. The number of halogens is 1. The predicted molar refractivity (Wildman–Crippen MR) is 116 cm³/mol. The van der Waals surface area contributed by atoms with Gasteiger partial charge in [-0.25, -0.2) is 5.06 Å². The number of benzene rings is 1. The number of rotatable bonds is 2. The minimum Gasteiger partial charge on any atom is -0.507 e. The summed E-state index contributed by atoms with van der Waals surface area (Å²) >= 11 is 1.28. The van der Waals surface area contributed by atoms with E-state index in [1.54, 1.807) is 7.05 Å². The summed E-state index contributed by atoms with van der Waals surface area (Å²) < 4.78 is 0. The monoisotopic (exact) mass is 412 g/mol. The van der Waals surface area contributed by atoms with Gasteiger partial charge in [0.2, 0.25) is 0 Å². The number of hydrogen-bond donors (Lipinski definition) is 1. The summed E-state index contributed by atoms with van der Waals surface area (Å²) in [6.07, 6.45) is 1.83. The van der Waals surface area contributed by atoms with Gasteiger partial charge in [0.15, 0.2) is 5.17 Å². The van der Waals surface area contributed by atoms with Crippen molar-refractivity contribution in [3.8, 4) is 5.75 Å². The van der Waals surface area contributed by atoms with Crippen LogP contribution in [0.4, 0.5) is 0 Å². The lowest BCUT2D eigenvalue weighted by Crippen LogP contribution is -2.21. The van der Waals surface area contributed by atoms with Gasteiger partial charge >= 0.3 is 0 Å². The van der Waals surface area contributed by atoms with Crippen molar-refractivity contribution in [3.05, 3.63) is 33.7 Å². The van der Waals surface area contributed by atoms with Crippen molar-refractivity contribution in [3.63, 3.8) is 0 Å². The fourth-order valence-corrected chi connectivity index (χ4v) is 3.50. The molecule has 7 heteroatoms. The zero-order chi connectivity index (χ0) is 19.9. The Kier molecular flexibility index (Phi) is 7.19. The molecule has 0 radical (unpaired) electrons. The molecule has 1 aliphatic rings. The highest BCUT2D eigenvalue weighted by Gasteiger charge is 2.28. The lowest BCUT2D eigenvalue weighted by Gasteiger charge is -2.28. The second kappa shape index (κ2) is 8.25. The van der Waals surface area contributed by atoms with Gasteiger partial charge < -0.3 is 5.11 Å². The molecule has 0 aliphatic carbocycles. The van der Waals surface area contributed by atoms with Crippen LogP contribution in [0.15, 0.2) is 22.0 Å². The number of amides is 1. The molecule has 5 nitrogen and oxygen atoms in total. The number of phenolic OH excluding ortho intramolecular Hbond substituents is 1. The summed E-state index contributed by atoms with van der Waals surface area (Å²) in [6.45, 7) is 12.4. The first-order valence-electron chi connectivity index (χ1n) is 8.53. The van der Waals surface area contributed by atoms with Gasteiger partial charge in [-0.15, -0.1) is 12.4 Å². The van der Waals surface area contributed by atoms with Gasteiger partial charge in [-0.3, -0.25) is 9.63 Å². The van der Waals surface area contributed by atoms with Crippen molar-refractivity contribution < 1.29 is 14.7 Å². The van der Waals surface area contributed by atoms with Gasteiger partial charge in [0.05, 0.1) is 12.0 Å². The summed E-state index contributed by atoms with van der Waals surface area (Å²) in [5.74, 6) is 0.0465. The van der Waals surface area contributed by atoms with E-state index < -0.39 is 0 Å². The lowest BCUT2D eigenvalue weighted by molar-refractivity contribution is -0.113. The number of phenols is 1. The highest BCUT2D eigenvalue weighted by Crippen LogP contribution is 2.41. The van der Waals surface area contributed by atoms with Gasteiger partial charge in [0.1, 0.15) is 5.75 Å². The number of hydrogen-bond acceptors (Lipinski definition) is 5. The van der Waals surface area contributed by atoms with Crippen molar-refractivity contribution in [2.24, 2.45) is 4.99 Å². The summed E-state index contributed by atoms with van der Waals surface area (Å²) in [7, 11) is 3.23. The lowest BCUT2D eigenvalue weighted by atomic mass is 9.78. The molecule has 0 unspecified atom stereocenters. The van der Waals surface area contributed by atoms with Crippen LogP contribution in [-0.4, -0.2) is 35.4 Å². The van der Waals surface area contributed by atoms with E-state index in [1.807, 2.05) is 18.2 Å². The molecular weight excluding hydrogens is 384 g/mol. The maximum absolute atomic E-state index is 12.2. The molecule has 0 atom stereocenters. The smallest absolute Gasteiger partial charge is 0.286 e. The first-order chi connectivity index (χ1) is 11.8. The van der Waals surface area contributed by atoms with Crippen molar-refractivity contribution in [2.75, 3.05) is 14.2 Å². The van der Waals surface area contributed by atoms with Crippen LogP contribution >= 0.6 is 24.2 Å². The number of hydroxylamine groups is 2. The van der Waals surface area contributed by atoms with Crippen LogP contribution in [0.3, 0.4) is 0 Å². The average molecular weight is 413 g/mol. The minimum atomic E-state index is -0.281. The largest absolute Gasteiger partial charge is 0.507 e. The van der Waals surface area contributed by atoms with E-state index in [9.17, 15) is 9.90 Å². The third kappa shape index (κ3) is 5.27. The van der Waals surface area contributed by atoms with Crippen LogP contribution in [0.2, 0.25) is 0 Å². The highest BCUT2D eigenvalue weighted by molar-refractivity contribution is 8.18. The predicted octanol–water partition coefficient (Wildman–Crippen LogP) is 4.87. The van der Waals surface area contributed by atoms with Crippen LogP contribution in [0.5, 0.6) is 5.75 Å². The number of amidine groups is 1. The third-order valence-corrected chi connectivity index (χ3v) is 5.24. The second-order valence-electron chi connectivity index (χ2n) is 8.45. The number of carbonyl (C=O) groups is 1. The molecular formula is C20H29ClN2O3S. The van der Waals surface area contributed by atoms with Gasteiger partial charge in [-0.2, -0.15) is 4.99 Å². The fourth-order valence-electron chi connectivity index (χ4n) is 2.65. The summed E-state index contributed by atoms with van der Waals surface area (Å²) in [5, 5.41) is 12.8. The van der Waals surface area contributed by atoms with Gasteiger partial charge in [0.25, 0.3) is 5.91 Å². The van der Waals surface area contributed by atoms with E-state index >= 15 is 0 Å². The Morgan fingerprint density at radius 3 is 2.00 bits per heavy atom. The first kappa shape index (κ1) is 23.5. The third-order valence-electron chi connectivity index (χ3n) is 4.20. The Balaban J connectivity index is 0.00000364. The molecule has 27 heavy (non-hydrogen) atoms. The summed E-state index contributed by atoms with van der Waals surface area (Å²) in [4.78, 5) is 21.9. The van der Waals surface area contributed by atoms with Crippen LogP contribution in [-0.2, 0) is 20.5 Å². The molecule has 2 rings (SSSR count).